The fraction of sp³-hybridized carbons (Fsp3) is 1.00. The Balaban J connectivity index is 2.42. The molecule has 1 aliphatic heterocycles. The van der Waals surface area contributed by atoms with Crippen LogP contribution in [0.25, 0.3) is 0 Å². The highest BCUT2D eigenvalue weighted by atomic mass is 19.4. The van der Waals surface area contributed by atoms with Crippen LogP contribution in [-0.2, 0) is 0 Å². The standard InChI is InChI=1S/C8H13F4N/c1-7(2)3-4-13(7)5-6(9)8(10,11)12/h6H,3-5H2,1-2H3. The minimum absolute atomic E-state index is 0.268. The van der Waals surface area contributed by atoms with Gasteiger partial charge in [-0.15, -0.1) is 0 Å². The second kappa shape index (κ2) is 3.12. The molecule has 0 saturated carbocycles. The molecule has 1 unspecified atom stereocenters. The lowest BCUT2D eigenvalue weighted by Gasteiger charge is -2.49. The van der Waals surface area contributed by atoms with Gasteiger partial charge in [-0.05, 0) is 20.3 Å². The largest absolute Gasteiger partial charge is 0.420 e. The Morgan fingerprint density at radius 3 is 2.15 bits per heavy atom. The molecular weight excluding hydrogens is 186 g/mol. The predicted molar refractivity (Wildman–Crippen MR) is 41.2 cm³/mol. The van der Waals surface area contributed by atoms with Crippen LogP contribution in [-0.4, -0.2) is 35.9 Å². The van der Waals surface area contributed by atoms with Crippen LogP contribution in [0.1, 0.15) is 20.3 Å². The van der Waals surface area contributed by atoms with E-state index in [1.165, 1.54) is 4.90 Å². The van der Waals surface area contributed by atoms with E-state index in [-0.39, 0.29) is 5.54 Å². The maximum absolute atomic E-state index is 12.6. The monoisotopic (exact) mass is 199 g/mol. The Hall–Kier alpha value is -0.320. The lowest BCUT2D eigenvalue weighted by molar-refractivity contribution is -0.192. The van der Waals surface area contributed by atoms with E-state index in [1.807, 2.05) is 13.8 Å². The molecule has 1 rings (SSSR count). The van der Waals surface area contributed by atoms with Gasteiger partial charge in [0.25, 0.3) is 0 Å². The molecule has 0 aromatic carbocycles. The first-order valence-electron chi connectivity index (χ1n) is 4.19. The molecular formula is C8H13F4N. The second-order valence-electron chi connectivity index (χ2n) is 4.02. The molecule has 0 aromatic heterocycles. The molecule has 1 heterocycles. The molecule has 78 valence electrons. The molecule has 5 heteroatoms. The topological polar surface area (TPSA) is 3.24 Å². The molecule has 1 saturated heterocycles. The van der Waals surface area contributed by atoms with Crippen molar-refractivity contribution >= 4 is 0 Å². The van der Waals surface area contributed by atoms with Crippen LogP contribution in [0.2, 0.25) is 0 Å². The summed E-state index contributed by atoms with van der Waals surface area (Å²) >= 11 is 0. The molecule has 1 fully saturated rings. The first-order chi connectivity index (χ1) is 5.73. The molecule has 0 bridgehead atoms. The summed E-state index contributed by atoms with van der Waals surface area (Å²) in [4.78, 5) is 1.52. The van der Waals surface area contributed by atoms with Gasteiger partial charge < -0.3 is 0 Å². The summed E-state index contributed by atoms with van der Waals surface area (Å²) in [5, 5.41) is 0. The van der Waals surface area contributed by atoms with Gasteiger partial charge in [0.15, 0.2) is 0 Å². The number of alkyl halides is 4. The molecule has 13 heavy (non-hydrogen) atoms. The fourth-order valence-electron chi connectivity index (χ4n) is 1.35. The molecule has 1 atom stereocenters. The maximum Gasteiger partial charge on any atom is 0.420 e. The molecule has 1 nitrogen and oxygen atoms in total. The minimum Gasteiger partial charge on any atom is -0.295 e. The van der Waals surface area contributed by atoms with Crippen LogP contribution >= 0.6 is 0 Å². The fourth-order valence-corrected chi connectivity index (χ4v) is 1.35. The highest BCUT2D eigenvalue weighted by molar-refractivity contribution is 4.93. The minimum atomic E-state index is -4.72. The molecule has 0 radical (unpaired) electrons. The molecule has 1 aliphatic rings. The smallest absolute Gasteiger partial charge is 0.295 e. The molecule has 0 N–H and O–H groups in total. The number of nitrogens with zero attached hydrogens (tertiary/aromatic N) is 1. The highest BCUT2D eigenvalue weighted by Gasteiger charge is 2.45. The Morgan fingerprint density at radius 2 is 1.92 bits per heavy atom. The summed E-state index contributed by atoms with van der Waals surface area (Å²) in [5.74, 6) is 0. The van der Waals surface area contributed by atoms with Gasteiger partial charge in [-0.25, -0.2) is 4.39 Å². The summed E-state index contributed by atoms with van der Waals surface area (Å²) in [6.45, 7) is 3.67. The van der Waals surface area contributed by atoms with Crippen molar-refractivity contribution in [3.05, 3.63) is 0 Å². The van der Waals surface area contributed by atoms with Crippen molar-refractivity contribution < 1.29 is 17.6 Å². The summed E-state index contributed by atoms with van der Waals surface area (Å²) in [6.07, 6.45) is -6.60. The third kappa shape index (κ3) is 2.33. The van der Waals surface area contributed by atoms with E-state index in [2.05, 4.69) is 0 Å². The average molecular weight is 199 g/mol. The van der Waals surface area contributed by atoms with Crippen molar-refractivity contribution in [1.82, 2.24) is 4.90 Å². The molecule has 0 aliphatic carbocycles. The van der Waals surface area contributed by atoms with Crippen LogP contribution < -0.4 is 0 Å². The number of rotatable bonds is 2. The third-order valence-corrected chi connectivity index (χ3v) is 2.59. The summed E-state index contributed by atoms with van der Waals surface area (Å²) < 4.78 is 48.0. The zero-order valence-electron chi connectivity index (χ0n) is 7.66. The average Bonchev–Trinajstić information content (AvgIpc) is 1.96. The molecule has 0 spiro atoms. The number of hydrogen-bond donors (Lipinski definition) is 0. The van der Waals surface area contributed by atoms with Gasteiger partial charge in [-0.2, -0.15) is 13.2 Å². The lowest BCUT2D eigenvalue weighted by Crippen LogP contribution is -2.58. The zero-order valence-corrected chi connectivity index (χ0v) is 7.66. The Kier molecular flexibility index (Phi) is 2.58. The van der Waals surface area contributed by atoms with Gasteiger partial charge in [0.05, 0.1) is 0 Å². The quantitative estimate of drug-likeness (QED) is 0.617. The van der Waals surface area contributed by atoms with Crippen LogP contribution in [0, 0.1) is 0 Å². The lowest BCUT2D eigenvalue weighted by atomic mass is 9.89. The normalized spacial score (nSPS) is 25.4. The van der Waals surface area contributed by atoms with Crippen LogP contribution in [0.4, 0.5) is 17.6 Å². The van der Waals surface area contributed by atoms with Crippen LogP contribution in [0.15, 0.2) is 0 Å². The molecule has 0 amide bonds. The van der Waals surface area contributed by atoms with E-state index >= 15 is 0 Å². The molecule has 0 aromatic rings. The summed E-state index contributed by atoms with van der Waals surface area (Å²) in [7, 11) is 0. The Bertz CT molecular complexity index is 177. The van der Waals surface area contributed by atoms with Crippen molar-refractivity contribution in [3.8, 4) is 0 Å². The van der Waals surface area contributed by atoms with E-state index in [4.69, 9.17) is 0 Å². The van der Waals surface area contributed by atoms with E-state index in [9.17, 15) is 17.6 Å². The van der Waals surface area contributed by atoms with Gasteiger partial charge in [0.2, 0.25) is 6.17 Å². The predicted octanol–water partition coefficient (Wildman–Crippen LogP) is 2.37. The third-order valence-electron chi connectivity index (χ3n) is 2.59. The summed E-state index contributed by atoms with van der Waals surface area (Å²) in [6, 6.07) is 0. The van der Waals surface area contributed by atoms with Crippen molar-refractivity contribution in [1.29, 1.82) is 0 Å². The first kappa shape index (κ1) is 10.8. The SMILES string of the molecule is CC1(C)CCN1CC(F)C(F)(F)F. The number of halogens is 4. The van der Waals surface area contributed by atoms with E-state index in [1.54, 1.807) is 0 Å². The summed E-state index contributed by atoms with van der Waals surface area (Å²) in [5.41, 5.74) is -0.268. The van der Waals surface area contributed by atoms with Gasteiger partial charge in [0, 0.05) is 18.6 Å². The van der Waals surface area contributed by atoms with Gasteiger partial charge in [-0.1, -0.05) is 0 Å². The van der Waals surface area contributed by atoms with Crippen molar-refractivity contribution in [2.24, 2.45) is 0 Å². The van der Waals surface area contributed by atoms with Gasteiger partial charge in [-0.3, -0.25) is 4.90 Å². The number of hydrogen-bond acceptors (Lipinski definition) is 1. The van der Waals surface area contributed by atoms with E-state index in [0.29, 0.717) is 6.54 Å². The second-order valence-corrected chi connectivity index (χ2v) is 4.02. The van der Waals surface area contributed by atoms with Crippen LogP contribution in [0.3, 0.4) is 0 Å². The van der Waals surface area contributed by atoms with Crippen molar-refractivity contribution in [2.75, 3.05) is 13.1 Å². The highest BCUT2D eigenvalue weighted by Crippen LogP contribution is 2.32. The van der Waals surface area contributed by atoms with E-state index in [0.717, 1.165) is 6.42 Å². The van der Waals surface area contributed by atoms with Crippen LogP contribution in [0.5, 0.6) is 0 Å². The Labute approximate surface area is 74.7 Å². The zero-order chi connectivity index (χ0) is 10.3. The first-order valence-corrected chi connectivity index (χ1v) is 4.19. The van der Waals surface area contributed by atoms with Crippen molar-refractivity contribution in [2.45, 2.75) is 38.2 Å². The van der Waals surface area contributed by atoms with Gasteiger partial charge in [0.1, 0.15) is 0 Å². The van der Waals surface area contributed by atoms with Gasteiger partial charge >= 0.3 is 6.18 Å². The maximum atomic E-state index is 12.6. The Morgan fingerprint density at radius 1 is 1.38 bits per heavy atom. The van der Waals surface area contributed by atoms with E-state index < -0.39 is 18.9 Å². The number of likely N-dealkylation sites (tertiary alicyclic amines) is 1. The van der Waals surface area contributed by atoms with Crippen molar-refractivity contribution in [3.63, 3.8) is 0 Å².